The van der Waals surface area contributed by atoms with Crippen LogP contribution in [0.2, 0.25) is 0 Å². The largest absolute Gasteiger partial charge is 0.505 e. The van der Waals surface area contributed by atoms with Crippen LogP contribution in [-0.2, 0) is 16.6 Å². The number of hydrogen-bond acceptors (Lipinski definition) is 5. The Labute approximate surface area is 202 Å². The molecular weight excluding hydrogens is 453 g/mol. The van der Waals surface area contributed by atoms with Crippen molar-refractivity contribution in [2.75, 3.05) is 11.9 Å². The average Bonchev–Trinajstić information content (AvgIpc) is 2.81. The third-order valence-electron chi connectivity index (χ3n) is 5.69. The van der Waals surface area contributed by atoms with Crippen LogP contribution < -0.4 is 16.2 Å². The van der Waals surface area contributed by atoms with Crippen LogP contribution in [0.15, 0.2) is 53.5 Å². The van der Waals surface area contributed by atoms with Gasteiger partial charge in [0.25, 0.3) is 5.56 Å². The van der Waals surface area contributed by atoms with Crippen LogP contribution >= 0.6 is 0 Å². The minimum Gasteiger partial charge on any atom is -0.505 e. The maximum Gasteiger partial charge on any atom is 0.319 e. The number of amides is 2. The first kappa shape index (κ1) is 25.5. The second kappa shape index (κ2) is 10.9. The van der Waals surface area contributed by atoms with Crippen molar-refractivity contribution in [3.8, 4) is 16.9 Å². The monoisotopic (exact) mass is 481 g/mol. The topological polar surface area (TPSA) is 110 Å². The Bertz CT molecular complexity index is 1320. The highest BCUT2D eigenvalue weighted by Gasteiger charge is 2.24. The van der Waals surface area contributed by atoms with Gasteiger partial charge in [-0.15, -0.1) is 0 Å². The number of urea groups is 1. The van der Waals surface area contributed by atoms with E-state index < -0.39 is 35.2 Å². The van der Waals surface area contributed by atoms with Crippen molar-refractivity contribution in [2.24, 2.45) is 7.05 Å². The lowest BCUT2D eigenvalue weighted by atomic mass is 9.90. The zero-order valence-corrected chi connectivity index (χ0v) is 20.0. The number of halogens is 1. The van der Waals surface area contributed by atoms with E-state index in [2.05, 4.69) is 10.6 Å². The summed E-state index contributed by atoms with van der Waals surface area (Å²) in [5, 5.41) is 15.0. The summed E-state index contributed by atoms with van der Waals surface area (Å²) >= 11 is 0. The van der Waals surface area contributed by atoms with Crippen LogP contribution in [0.4, 0.5) is 14.9 Å². The van der Waals surface area contributed by atoms with Gasteiger partial charge in [-0.3, -0.25) is 9.59 Å². The van der Waals surface area contributed by atoms with E-state index in [1.165, 1.54) is 36.0 Å². The number of anilines is 1. The summed E-state index contributed by atoms with van der Waals surface area (Å²) in [6.45, 7) is 5.49. The van der Waals surface area contributed by atoms with Crippen LogP contribution in [0.25, 0.3) is 11.1 Å². The van der Waals surface area contributed by atoms with Gasteiger partial charge in [0.1, 0.15) is 11.6 Å². The number of nitrogens with zero attached hydrogens (tertiary/aromatic N) is 1. The molecule has 184 valence electrons. The normalized spacial score (nSPS) is 11.6. The third-order valence-corrected chi connectivity index (χ3v) is 5.69. The van der Waals surface area contributed by atoms with E-state index in [0.29, 0.717) is 16.7 Å². The van der Waals surface area contributed by atoms with Gasteiger partial charge < -0.3 is 25.0 Å². The molecule has 8 nitrogen and oxygen atoms in total. The highest BCUT2D eigenvalue weighted by molar-refractivity contribution is 5.91. The fourth-order valence-electron chi connectivity index (χ4n) is 3.89. The number of benzene rings is 2. The molecule has 3 aromatic rings. The van der Waals surface area contributed by atoms with Gasteiger partial charge in [0.15, 0.2) is 5.69 Å². The van der Waals surface area contributed by atoms with Crippen molar-refractivity contribution in [3.63, 3.8) is 0 Å². The van der Waals surface area contributed by atoms with E-state index in [0.717, 1.165) is 11.1 Å². The summed E-state index contributed by atoms with van der Waals surface area (Å²) < 4.78 is 21.0. The predicted octanol–water partition coefficient (Wildman–Crippen LogP) is 4.33. The molecule has 1 heterocycles. The number of esters is 1. The molecule has 0 saturated carbocycles. The highest BCUT2D eigenvalue weighted by atomic mass is 19.1. The Morgan fingerprint density at radius 3 is 2.54 bits per heavy atom. The number of ether oxygens (including phenoxy) is 1. The van der Waals surface area contributed by atoms with Crippen molar-refractivity contribution >= 4 is 17.7 Å². The van der Waals surface area contributed by atoms with Crippen molar-refractivity contribution in [3.05, 3.63) is 81.5 Å². The van der Waals surface area contributed by atoms with E-state index in [-0.39, 0.29) is 18.7 Å². The Kier molecular flexibility index (Phi) is 7.91. The minimum atomic E-state index is -0.970. The summed E-state index contributed by atoms with van der Waals surface area (Å²) in [4.78, 5) is 37.5. The highest BCUT2D eigenvalue weighted by Crippen LogP contribution is 2.33. The Balaban J connectivity index is 2.01. The van der Waals surface area contributed by atoms with Crippen LogP contribution in [0.1, 0.15) is 36.1 Å². The van der Waals surface area contributed by atoms with E-state index in [4.69, 9.17) is 4.74 Å². The summed E-state index contributed by atoms with van der Waals surface area (Å²) in [6.07, 6.45) is 1.09. The first-order chi connectivity index (χ1) is 16.6. The lowest BCUT2D eigenvalue weighted by Gasteiger charge is -2.23. The summed E-state index contributed by atoms with van der Waals surface area (Å²) in [5.74, 6) is -1.53. The fraction of sp³-hybridized carbons (Fsp3) is 0.269. The van der Waals surface area contributed by atoms with E-state index in [1.807, 2.05) is 31.2 Å². The molecule has 1 atom stereocenters. The molecule has 0 spiro atoms. The summed E-state index contributed by atoms with van der Waals surface area (Å²) in [6, 6.07) is 9.63. The zero-order valence-electron chi connectivity index (χ0n) is 20.0. The van der Waals surface area contributed by atoms with Crippen LogP contribution in [0.3, 0.4) is 0 Å². The van der Waals surface area contributed by atoms with Gasteiger partial charge in [0.05, 0.1) is 19.1 Å². The van der Waals surface area contributed by atoms with Crippen molar-refractivity contribution in [2.45, 2.75) is 33.2 Å². The molecule has 1 aromatic heterocycles. The third kappa shape index (κ3) is 5.87. The second-order valence-corrected chi connectivity index (χ2v) is 8.13. The van der Waals surface area contributed by atoms with Gasteiger partial charge >= 0.3 is 12.0 Å². The van der Waals surface area contributed by atoms with Crippen molar-refractivity contribution in [1.29, 1.82) is 0 Å². The lowest BCUT2D eigenvalue weighted by molar-refractivity contribution is -0.143. The molecule has 0 aliphatic rings. The molecule has 0 saturated heterocycles. The van der Waals surface area contributed by atoms with Gasteiger partial charge in [-0.25, -0.2) is 9.18 Å². The number of rotatable bonds is 7. The molecule has 3 rings (SSSR count). The predicted molar refractivity (Wildman–Crippen MR) is 131 cm³/mol. The van der Waals surface area contributed by atoms with Gasteiger partial charge in [0, 0.05) is 13.2 Å². The number of aromatic nitrogens is 1. The molecule has 1 unspecified atom stereocenters. The van der Waals surface area contributed by atoms with Crippen LogP contribution in [0.5, 0.6) is 5.75 Å². The summed E-state index contributed by atoms with van der Waals surface area (Å²) in [5.41, 5.74) is 2.51. The number of nitrogens with one attached hydrogen (secondary N) is 2. The smallest absolute Gasteiger partial charge is 0.319 e. The van der Waals surface area contributed by atoms with Crippen LogP contribution in [-0.4, -0.2) is 28.3 Å². The van der Waals surface area contributed by atoms with E-state index >= 15 is 0 Å². The molecule has 0 aliphatic carbocycles. The standard InChI is InChI=1S/C26H28FN3O5/c1-5-35-23(32)14-21(28-26(34)29-24-22(31)10-11-30(4)25(24)33)20-13-17(27)12-19(16(20)3)18-9-7-6-8-15(18)2/h6-13,21,31H,5,14H2,1-4H3,(H2,28,29,34). The number of carbonyl (C=O) groups excluding carboxylic acids is 2. The Hall–Kier alpha value is -4.14. The molecule has 2 amide bonds. The molecular formula is C26H28FN3O5. The zero-order chi connectivity index (χ0) is 25.7. The molecule has 0 radical (unpaired) electrons. The quantitative estimate of drug-likeness (QED) is 0.435. The molecule has 0 aliphatic heterocycles. The van der Waals surface area contributed by atoms with Crippen LogP contribution in [0, 0.1) is 19.7 Å². The molecule has 0 fully saturated rings. The van der Waals surface area contributed by atoms with Gasteiger partial charge in [-0.2, -0.15) is 0 Å². The number of aryl methyl sites for hydroxylation is 2. The maximum absolute atomic E-state index is 14.8. The molecule has 35 heavy (non-hydrogen) atoms. The van der Waals surface area contributed by atoms with E-state index in [9.17, 15) is 23.9 Å². The van der Waals surface area contributed by atoms with E-state index in [1.54, 1.807) is 13.8 Å². The first-order valence-corrected chi connectivity index (χ1v) is 11.1. The Morgan fingerprint density at radius 2 is 1.86 bits per heavy atom. The summed E-state index contributed by atoms with van der Waals surface area (Å²) in [7, 11) is 1.47. The molecule has 2 aromatic carbocycles. The number of carbonyl (C=O) groups is 2. The first-order valence-electron chi connectivity index (χ1n) is 11.1. The van der Waals surface area contributed by atoms with Crippen molar-refractivity contribution in [1.82, 2.24) is 9.88 Å². The number of hydrogen-bond donors (Lipinski definition) is 3. The molecule has 3 N–H and O–H groups in total. The van der Waals surface area contributed by atoms with Gasteiger partial charge in [0.2, 0.25) is 0 Å². The van der Waals surface area contributed by atoms with Gasteiger partial charge in [-0.05, 0) is 66.8 Å². The Morgan fingerprint density at radius 1 is 1.14 bits per heavy atom. The lowest BCUT2D eigenvalue weighted by Crippen LogP contribution is -2.36. The molecule has 9 heteroatoms. The second-order valence-electron chi connectivity index (χ2n) is 8.13. The average molecular weight is 482 g/mol. The van der Waals surface area contributed by atoms with Crippen molar-refractivity contribution < 1.29 is 23.8 Å². The maximum atomic E-state index is 14.8. The fourth-order valence-corrected chi connectivity index (χ4v) is 3.89. The number of pyridine rings is 1. The van der Waals surface area contributed by atoms with Gasteiger partial charge in [-0.1, -0.05) is 24.3 Å². The minimum absolute atomic E-state index is 0.141. The number of aromatic hydroxyl groups is 1. The molecule has 0 bridgehead atoms. The SMILES string of the molecule is CCOC(=O)CC(NC(=O)Nc1c(O)ccn(C)c1=O)c1cc(F)cc(-c2ccccc2C)c1C.